The van der Waals surface area contributed by atoms with Gasteiger partial charge in [-0.1, -0.05) is 26.2 Å². The molecule has 0 unspecified atom stereocenters. The molecular formula is C18H35N3O2. The number of ether oxygens (including phenoxy) is 1. The Morgan fingerprint density at radius 3 is 2.48 bits per heavy atom. The van der Waals surface area contributed by atoms with Gasteiger partial charge in [0, 0.05) is 39.3 Å². The molecule has 0 aromatic carbocycles. The van der Waals surface area contributed by atoms with Crippen molar-refractivity contribution < 1.29 is 9.53 Å². The van der Waals surface area contributed by atoms with Crippen molar-refractivity contribution >= 4 is 6.09 Å². The Kier molecular flexibility index (Phi) is 8.76. The molecule has 1 saturated heterocycles. The summed E-state index contributed by atoms with van der Waals surface area (Å²) in [6, 6.07) is 0. The zero-order valence-corrected chi connectivity index (χ0v) is 14.9. The fourth-order valence-corrected chi connectivity index (χ4v) is 3.42. The van der Waals surface area contributed by atoms with Crippen molar-refractivity contribution in [1.29, 1.82) is 0 Å². The van der Waals surface area contributed by atoms with E-state index in [-0.39, 0.29) is 12.2 Å². The monoisotopic (exact) mass is 325 g/mol. The Hall–Kier alpha value is -0.810. The van der Waals surface area contributed by atoms with Gasteiger partial charge >= 0.3 is 6.09 Å². The van der Waals surface area contributed by atoms with Gasteiger partial charge in [-0.15, -0.1) is 0 Å². The summed E-state index contributed by atoms with van der Waals surface area (Å²) in [5.74, 6) is 0. The number of amides is 1. The highest BCUT2D eigenvalue weighted by atomic mass is 16.6. The van der Waals surface area contributed by atoms with Crippen molar-refractivity contribution in [2.24, 2.45) is 0 Å². The lowest BCUT2D eigenvalue weighted by molar-refractivity contribution is 0.0330. The molecule has 1 N–H and O–H groups in total. The summed E-state index contributed by atoms with van der Waals surface area (Å²) in [5, 5.41) is 3.51. The maximum atomic E-state index is 12.2. The number of nitrogens with one attached hydrogen (secondary N) is 1. The molecule has 5 nitrogen and oxygen atoms in total. The highest BCUT2D eigenvalue weighted by Crippen LogP contribution is 2.21. The van der Waals surface area contributed by atoms with E-state index in [9.17, 15) is 4.79 Å². The standard InChI is InChI=1S/C18H35N3O2/c1-2-3-7-10-19-11-12-20-13-15-21(16-14-20)18(22)23-17-8-5-4-6-9-17/h17,19H,2-16H2,1H3. The molecule has 0 aromatic heterocycles. The molecule has 0 radical (unpaired) electrons. The molecule has 2 fully saturated rings. The van der Waals surface area contributed by atoms with Crippen LogP contribution in [0.2, 0.25) is 0 Å². The SMILES string of the molecule is CCCCCNCCN1CCN(C(=O)OC2CCCCC2)CC1. The van der Waals surface area contributed by atoms with Gasteiger partial charge in [-0.05, 0) is 38.6 Å². The molecule has 23 heavy (non-hydrogen) atoms. The molecule has 2 rings (SSSR count). The number of nitrogens with zero attached hydrogens (tertiary/aromatic N) is 2. The van der Waals surface area contributed by atoms with Crippen LogP contribution in [0.1, 0.15) is 58.3 Å². The first-order valence-electron chi connectivity index (χ1n) is 9.68. The van der Waals surface area contributed by atoms with Gasteiger partial charge in [0.25, 0.3) is 0 Å². The zero-order valence-electron chi connectivity index (χ0n) is 14.9. The highest BCUT2D eigenvalue weighted by Gasteiger charge is 2.25. The van der Waals surface area contributed by atoms with Crippen LogP contribution >= 0.6 is 0 Å². The van der Waals surface area contributed by atoms with Crippen LogP contribution in [0.5, 0.6) is 0 Å². The maximum Gasteiger partial charge on any atom is 0.410 e. The highest BCUT2D eigenvalue weighted by molar-refractivity contribution is 5.68. The Morgan fingerprint density at radius 2 is 1.78 bits per heavy atom. The summed E-state index contributed by atoms with van der Waals surface area (Å²) < 4.78 is 5.66. The predicted octanol–water partition coefficient (Wildman–Crippen LogP) is 2.85. The van der Waals surface area contributed by atoms with E-state index in [2.05, 4.69) is 17.1 Å². The second kappa shape index (κ2) is 10.9. The molecule has 1 saturated carbocycles. The molecule has 0 spiro atoms. The molecule has 2 aliphatic rings. The lowest BCUT2D eigenvalue weighted by atomic mass is 9.98. The van der Waals surface area contributed by atoms with E-state index < -0.39 is 0 Å². The van der Waals surface area contributed by atoms with E-state index in [0.717, 1.165) is 58.7 Å². The van der Waals surface area contributed by atoms with Gasteiger partial charge in [0.15, 0.2) is 0 Å². The third-order valence-electron chi connectivity index (χ3n) is 5.01. The molecule has 1 amide bonds. The van der Waals surface area contributed by atoms with Gasteiger partial charge < -0.3 is 15.0 Å². The minimum absolute atomic E-state index is 0.0887. The number of piperazine rings is 1. The zero-order chi connectivity index (χ0) is 16.3. The van der Waals surface area contributed by atoms with E-state index in [4.69, 9.17) is 4.74 Å². The van der Waals surface area contributed by atoms with Gasteiger partial charge in [-0.25, -0.2) is 4.79 Å². The average molecular weight is 325 g/mol. The second-order valence-corrected chi connectivity index (χ2v) is 6.93. The first kappa shape index (κ1) is 18.5. The Labute approximate surface area is 141 Å². The minimum atomic E-state index is -0.0887. The number of carbonyl (C=O) groups excluding carboxylic acids is 1. The second-order valence-electron chi connectivity index (χ2n) is 6.93. The smallest absolute Gasteiger partial charge is 0.410 e. The summed E-state index contributed by atoms with van der Waals surface area (Å²) in [6.45, 7) is 9.05. The van der Waals surface area contributed by atoms with Crippen molar-refractivity contribution in [3.63, 3.8) is 0 Å². The van der Waals surface area contributed by atoms with Gasteiger partial charge in [-0.3, -0.25) is 4.90 Å². The van der Waals surface area contributed by atoms with E-state index in [0.29, 0.717) is 0 Å². The Balaban J connectivity index is 1.53. The summed E-state index contributed by atoms with van der Waals surface area (Å²) in [6.07, 6.45) is 9.75. The van der Waals surface area contributed by atoms with Crippen LogP contribution in [0.25, 0.3) is 0 Å². The maximum absolute atomic E-state index is 12.2. The molecule has 0 aromatic rings. The lowest BCUT2D eigenvalue weighted by Gasteiger charge is -2.35. The average Bonchev–Trinajstić information content (AvgIpc) is 2.59. The van der Waals surface area contributed by atoms with Gasteiger partial charge in [-0.2, -0.15) is 0 Å². The lowest BCUT2D eigenvalue weighted by Crippen LogP contribution is -2.50. The van der Waals surface area contributed by atoms with Crippen LogP contribution in [0.3, 0.4) is 0 Å². The minimum Gasteiger partial charge on any atom is -0.446 e. The quantitative estimate of drug-likeness (QED) is 0.697. The summed E-state index contributed by atoms with van der Waals surface area (Å²) in [7, 11) is 0. The third kappa shape index (κ3) is 7.08. The van der Waals surface area contributed by atoms with Gasteiger partial charge in [0.1, 0.15) is 6.10 Å². The van der Waals surface area contributed by atoms with E-state index in [1.807, 2.05) is 4.90 Å². The van der Waals surface area contributed by atoms with E-state index in [1.165, 1.54) is 38.5 Å². The molecular weight excluding hydrogens is 290 g/mol. The predicted molar refractivity (Wildman–Crippen MR) is 93.8 cm³/mol. The number of hydrogen-bond donors (Lipinski definition) is 1. The third-order valence-corrected chi connectivity index (χ3v) is 5.01. The largest absolute Gasteiger partial charge is 0.446 e. The summed E-state index contributed by atoms with van der Waals surface area (Å²) in [5.41, 5.74) is 0. The van der Waals surface area contributed by atoms with Crippen LogP contribution in [-0.4, -0.2) is 67.8 Å². The van der Waals surface area contributed by atoms with Gasteiger partial charge in [0.2, 0.25) is 0 Å². The van der Waals surface area contributed by atoms with Gasteiger partial charge in [0.05, 0.1) is 0 Å². The normalized spacial score (nSPS) is 20.7. The molecule has 5 heteroatoms. The van der Waals surface area contributed by atoms with E-state index in [1.54, 1.807) is 0 Å². The van der Waals surface area contributed by atoms with E-state index >= 15 is 0 Å². The van der Waals surface area contributed by atoms with Crippen LogP contribution < -0.4 is 5.32 Å². The molecule has 1 heterocycles. The van der Waals surface area contributed by atoms with Crippen molar-refractivity contribution in [3.8, 4) is 0 Å². The number of carbonyl (C=O) groups is 1. The van der Waals surface area contributed by atoms with Crippen LogP contribution in [0, 0.1) is 0 Å². The van der Waals surface area contributed by atoms with Crippen LogP contribution in [0.15, 0.2) is 0 Å². The molecule has 0 atom stereocenters. The number of unbranched alkanes of at least 4 members (excludes halogenated alkanes) is 2. The Bertz CT molecular complexity index is 324. The van der Waals surface area contributed by atoms with Crippen LogP contribution in [-0.2, 0) is 4.74 Å². The molecule has 0 bridgehead atoms. The fraction of sp³-hybridized carbons (Fsp3) is 0.944. The Morgan fingerprint density at radius 1 is 1.04 bits per heavy atom. The molecule has 1 aliphatic heterocycles. The molecule has 134 valence electrons. The first-order chi connectivity index (χ1) is 11.3. The number of rotatable bonds is 8. The summed E-state index contributed by atoms with van der Waals surface area (Å²) >= 11 is 0. The first-order valence-corrected chi connectivity index (χ1v) is 9.68. The van der Waals surface area contributed by atoms with Crippen molar-refractivity contribution in [2.75, 3.05) is 45.8 Å². The van der Waals surface area contributed by atoms with Crippen LogP contribution in [0.4, 0.5) is 4.79 Å². The summed E-state index contributed by atoms with van der Waals surface area (Å²) in [4.78, 5) is 16.5. The topological polar surface area (TPSA) is 44.8 Å². The van der Waals surface area contributed by atoms with Crippen molar-refractivity contribution in [3.05, 3.63) is 0 Å². The van der Waals surface area contributed by atoms with Crippen molar-refractivity contribution in [2.45, 2.75) is 64.4 Å². The number of hydrogen-bond acceptors (Lipinski definition) is 4. The molecule has 1 aliphatic carbocycles. The fourth-order valence-electron chi connectivity index (χ4n) is 3.42. The van der Waals surface area contributed by atoms with Crippen molar-refractivity contribution in [1.82, 2.24) is 15.1 Å².